The normalized spacial score (nSPS) is 14.4. The second-order valence-electron chi connectivity index (χ2n) is 5.47. The van der Waals surface area contributed by atoms with Crippen LogP contribution in [0.1, 0.15) is 35.3 Å². The smallest absolute Gasteiger partial charge is 0.117 e. The molecule has 2 aromatic rings. The molecule has 0 amide bonds. The van der Waals surface area contributed by atoms with E-state index in [9.17, 15) is 0 Å². The van der Waals surface area contributed by atoms with E-state index >= 15 is 0 Å². The van der Waals surface area contributed by atoms with Crippen LogP contribution in [0.5, 0.6) is 0 Å². The fourth-order valence-corrected chi connectivity index (χ4v) is 2.52. The molecular formula is C17H18N2O. The zero-order valence-electron chi connectivity index (χ0n) is 11.7. The van der Waals surface area contributed by atoms with Gasteiger partial charge in [-0.25, -0.2) is 0 Å². The number of hydrogen-bond donors (Lipinski definition) is 0. The largest absolute Gasteiger partial charge is 0.468 e. The molecule has 0 unspecified atom stereocenters. The standard InChI is InChI=1S/C17H18N2O/c1-13-9-14(10-18)4-5-15(13)11-19(16-6-7-16)12-17-3-2-8-20-17/h2-5,8-9,16H,6-7,11-12H2,1H3. The van der Waals surface area contributed by atoms with E-state index in [1.165, 1.54) is 24.0 Å². The van der Waals surface area contributed by atoms with Crippen molar-refractivity contribution in [2.75, 3.05) is 0 Å². The molecule has 102 valence electrons. The second-order valence-corrected chi connectivity index (χ2v) is 5.47. The zero-order chi connectivity index (χ0) is 13.9. The van der Waals surface area contributed by atoms with Gasteiger partial charge in [-0.1, -0.05) is 6.07 Å². The van der Waals surface area contributed by atoms with E-state index in [1.54, 1.807) is 6.26 Å². The summed E-state index contributed by atoms with van der Waals surface area (Å²) in [5.74, 6) is 1.02. The van der Waals surface area contributed by atoms with Crippen molar-refractivity contribution in [3.63, 3.8) is 0 Å². The minimum absolute atomic E-state index is 0.676. The van der Waals surface area contributed by atoms with Crippen molar-refractivity contribution in [1.82, 2.24) is 4.90 Å². The van der Waals surface area contributed by atoms with Gasteiger partial charge < -0.3 is 4.42 Å². The molecule has 20 heavy (non-hydrogen) atoms. The molecule has 0 aliphatic heterocycles. The SMILES string of the molecule is Cc1cc(C#N)ccc1CN(Cc1ccco1)C1CC1. The van der Waals surface area contributed by atoms with E-state index in [0.29, 0.717) is 6.04 Å². The highest BCUT2D eigenvalue weighted by atomic mass is 16.3. The molecule has 1 saturated carbocycles. The fraction of sp³-hybridized carbons (Fsp3) is 0.353. The van der Waals surface area contributed by atoms with Gasteiger partial charge in [-0.2, -0.15) is 5.26 Å². The molecule has 0 spiro atoms. The van der Waals surface area contributed by atoms with E-state index in [1.807, 2.05) is 24.3 Å². The molecule has 1 aromatic heterocycles. The Bertz CT molecular complexity index is 621. The highest BCUT2D eigenvalue weighted by Gasteiger charge is 2.29. The summed E-state index contributed by atoms with van der Waals surface area (Å²) in [6, 6.07) is 12.8. The number of nitriles is 1. The molecule has 0 N–H and O–H groups in total. The van der Waals surface area contributed by atoms with Crippen LogP contribution in [-0.4, -0.2) is 10.9 Å². The van der Waals surface area contributed by atoms with E-state index in [4.69, 9.17) is 9.68 Å². The van der Waals surface area contributed by atoms with Crippen molar-refractivity contribution in [1.29, 1.82) is 5.26 Å². The lowest BCUT2D eigenvalue weighted by Gasteiger charge is -2.22. The topological polar surface area (TPSA) is 40.2 Å². The molecule has 0 radical (unpaired) electrons. The van der Waals surface area contributed by atoms with Gasteiger partial charge in [0, 0.05) is 12.6 Å². The minimum atomic E-state index is 0.676. The van der Waals surface area contributed by atoms with Crippen molar-refractivity contribution < 1.29 is 4.42 Å². The summed E-state index contributed by atoms with van der Waals surface area (Å²) >= 11 is 0. The highest BCUT2D eigenvalue weighted by Crippen LogP contribution is 2.30. The van der Waals surface area contributed by atoms with Gasteiger partial charge in [0.1, 0.15) is 5.76 Å². The molecule has 3 nitrogen and oxygen atoms in total. The van der Waals surface area contributed by atoms with Crippen LogP contribution in [-0.2, 0) is 13.1 Å². The molecule has 0 bridgehead atoms. The van der Waals surface area contributed by atoms with Crippen molar-refractivity contribution in [2.24, 2.45) is 0 Å². The number of furan rings is 1. The Balaban J connectivity index is 1.75. The zero-order valence-corrected chi connectivity index (χ0v) is 11.7. The lowest BCUT2D eigenvalue weighted by Crippen LogP contribution is -2.25. The molecular weight excluding hydrogens is 248 g/mol. The third-order valence-electron chi connectivity index (χ3n) is 3.85. The summed E-state index contributed by atoms with van der Waals surface area (Å²) < 4.78 is 5.46. The maximum absolute atomic E-state index is 8.93. The van der Waals surface area contributed by atoms with E-state index in [0.717, 1.165) is 24.4 Å². The van der Waals surface area contributed by atoms with Crippen LogP contribution < -0.4 is 0 Å². The molecule has 0 atom stereocenters. The number of aryl methyl sites for hydroxylation is 1. The lowest BCUT2D eigenvalue weighted by molar-refractivity contribution is 0.225. The summed E-state index contributed by atoms with van der Waals surface area (Å²) in [7, 11) is 0. The third kappa shape index (κ3) is 2.92. The Kier molecular flexibility index (Phi) is 3.58. The summed E-state index contributed by atoms with van der Waals surface area (Å²) in [6.45, 7) is 3.86. The van der Waals surface area contributed by atoms with Gasteiger partial charge >= 0.3 is 0 Å². The Hall–Kier alpha value is -2.05. The quantitative estimate of drug-likeness (QED) is 0.829. The predicted molar refractivity (Wildman–Crippen MR) is 76.9 cm³/mol. The van der Waals surface area contributed by atoms with Crippen LogP contribution in [0.4, 0.5) is 0 Å². The van der Waals surface area contributed by atoms with Gasteiger partial charge in [0.2, 0.25) is 0 Å². The molecule has 1 aromatic carbocycles. The molecule has 1 heterocycles. The van der Waals surface area contributed by atoms with Gasteiger partial charge in [-0.05, 0) is 55.2 Å². The van der Waals surface area contributed by atoms with Crippen molar-refractivity contribution in [3.05, 3.63) is 59.0 Å². The molecule has 3 heteroatoms. The Labute approximate surface area is 119 Å². The average molecular weight is 266 g/mol. The van der Waals surface area contributed by atoms with Crippen LogP contribution in [0.15, 0.2) is 41.0 Å². The van der Waals surface area contributed by atoms with Gasteiger partial charge in [-0.15, -0.1) is 0 Å². The number of benzene rings is 1. The maximum atomic E-state index is 8.93. The first-order valence-corrected chi connectivity index (χ1v) is 7.02. The van der Waals surface area contributed by atoms with Gasteiger partial charge in [-0.3, -0.25) is 4.90 Å². The Morgan fingerprint density at radius 1 is 1.30 bits per heavy atom. The lowest BCUT2D eigenvalue weighted by atomic mass is 10.0. The summed E-state index contributed by atoms with van der Waals surface area (Å²) in [6.07, 6.45) is 4.28. The first-order chi connectivity index (χ1) is 9.76. The molecule has 1 fully saturated rings. The highest BCUT2D eigenvalue weighted by molar-refractivity contribution is 5.37. The monoisotopic (exact) mass is 266 g/mol. The van der Waals surface area contributed by atoms with E-state index in [-0.39, 0.29) is 0 Å². The number of hydrogen-bond acceptors (Lipinski definition) is 3. The summed E-state index contributed by atoms with van der Waals surface area (Å²) in [5, 5.41) is 8.93. The third-order valence-corrected chi connectivity index (χ3v) is 3.85. The number of rotatable bonds is 5. The van der Waals surface area contributed by atoms with Crippen molar-refractivity contribution in [2.45, 2.75) is 38.9 Å². The molecule has 3 rings (SSSR count). The molecule has 1 aliphatic carbocycles. The Morgan fingerprint density at radius 2 is 2.15 bits per heavy atom. The molecule has 0 saturated heterocycles. The minimum Gasteiger partial charge on any atom is -0.468 e. The van der Waals surface area contributed by atoms with Crippen LogP contribution in [0.2, 0.25) is 0 Å². The second kappa shape index (κ2) is 5.52. The predicted octanol–water partition coefficient (Wildman–Crippen LogP) is 3.62. The van der Waals surface area contributed by atoms with Gasteiger partial charge in [0.15, 0.2) is 0 Å². The van der Waals surface area contributed by atoms with Gasteiger partial charge in [0.05, 0.1) is 24.4 Å². The van der Waals surface area contributed by atoms with Crippen molar-refractivity contribution >= 4 is 0 Å². The fourth-order valence-electron chi connectivity index (χ4n) is 2.52. The van der Waals surface area contributed by atoms with Crippen molar-refractivity contribution in [3.8, 4) is 6.07 Å². The van der Waals surface area contributed by atoms with Crippen LogP contribution in [0, 0.1) is 18.3 Å². The number of nitrogens with zero attached hydrogens (tertiary/aromatic N) is 2. The van der Waals surface area contributed by atoms with Gasteiger partial charge in [0.25, 0.3) is 0 Å². The van der Waals surface area contributed by atoms with Crippen LogP contribution in [0.25, 0.3) is 0 Å². The molecule has 1 aliphatic rings. The average Bonchev–Trinajstić information content (AvgIpc) is 3.18. The van der Waals surface area contributed by atoms with Crippen LogP contribution >= 0.6 is 0 Å². The van der Waals surface area contributed by atoms with E-state index in [2.05, 4.69) is 24.0 Å². The first kappa shape index (κ1) is 13.0. The summed E-state index contributed by atoms with van der Waals surface area (Å²) in [5.41, 5.74) is 3.21. The first-order valence-electron chi connectivity index (χ1n) is 7.02. The van der Waals surface area contributed by atoms with Crippen LogP contribution in [0.3, 0.4) is 0 Å². The summed E-state index contributed by atoms with van der Waals surface area (Å²) in [4.78, 5) is 2.47. The Morgan fingerprint density at radius 3 is 2.75 bits per heavy atom. The van der Waals surface area contributed by atoms with E-state index < -0.39 is 0 Å². The maximum Gasteiger partial charge on any atom is 0.117 e.